The van der Waals surface area contributed by atoms with Crippen molar-refractivity contribution in [1.29, 1.82) is 0 Å². The van der Waals surface area contributed by atoms with Crippen molar-refractivity contribution in [3.8, 4) is 0 Å². The van der Waals surface area contributed by atoms with E-state index < -0.39 is 0 Å². The molecule has 1 aliphatic rings. The third-order valence-electron chi connectivity index (χ3n) is 3.55. The third kappa shape index (κ3) is 3.50. The van der Waals surface area contributed by atoms with Crippen LogP contribution in [0.3, 0.4) is 0 Å². The van der Waals surface area contributed by atoms with Crippen LogP contribution < -0.4 is 4.90 Å². The van der Waals surface area contributed by atoms with E-state index in [4.69, 9.17) is 4.74 Å². The van der Waals surface area contributed by atoms with Gasteiger partial charge < -0.3 is 9.64 Å². The van der Waals surface area contributed by atoms with Gasteiger partial charge in [-0.15, -0.1) is 0 Å². The highest BCUT2D eigenvalue weighted by molar-refractivity contribution is 5.94. The fourth-order valence-electron chi connectivity index (χ4n) is 2.69. The minimum atomic E-state index is -0.286. The number of carbonyl (C=O) groups is 1. The molecule has 0 aromatic carbocycles. The molecule has 0 spiro atoms. The highest BCUT2D eigenvalue weighted by atomic mass is 16.5. The minimum absolute atomic E-state index is 0.117. The number of rotatable bonds is 3. The molecule has 20 heavy (non-hydrogen) atoms. The predicted octanol–water partition coefficient (Wildman–Crippen LogP) is 3.27. The maximum atomic E-state index is 12.2. The Morgan fingerprint density at radius 2 is 2.20 bits per heavy atom. The standard InChI is InChI=1S/C16H24N2O2/c1-12(2)20-15(19)13-7-5-9-17-14(13)18-10-6-8-16(3,4)11-18/h5,7,9,12H,6,8,10-11H2,1-4H3. The van der Waals surface area contributed by atoms with E-state index in [9.17, 15) is 4.79 Å². The zero-order valence-electron chi connectivity index (χ0n) is 12.8. The van der Waals surface area contributed by atoms with Crippen LogP contribution in [0.15, 0.2) is 18.3 Å². The van der Waals surface area contributed by atoms with Crippen molar-refractivity contribution >= 4 is 11.8 Å². The fourth-order valence-corrected chi connectivity index (χ4v) is 2.69. The van der Waals surface area contributed by atoms with Crippen molar-refractivity contribution in [3.05, 3.63) is 23.9 Å². The lowest BCUT2D eigenvalue weighted by atomic mass is 9.84. The highest BCUT2D eigenvalue weighted by Crippen LogP contribution is 2.32. The Hall–Kier alpha value is -1.58. The average Bonchev–Trinajstić information content (AvgIpc) is 2.36. The Labute approximate surface area is 121 Å². The first-order valence-corrected chi connectivity index (χ1v) is 7.30. The number of hydrogen-bond acceptors (Lipinski definition) is 4. The molecule has 0 N–H and O–H groups in total. The average molecular weight is 276 g/mol. The summed E-state index contributed by atoms with van der Waals surface area (Å²) < 4.78 is 5.31. The van der Waals surface area contributed by atoms with Gasteiger partial charge in [0.25, 0.3) is 0 Å². The predicted molar refractivity (Wildman–Crippen MR) is 80.0 cm³/mol. The lowest BCUT2D eigenvalue weighted by molar-refractivity contribution is 0.0378. The van der Waals surface area contributed by atoms with E-state index in [0.717, 1.165) is 25.3 Å². The van der Waals surface area contributed by atoms with Gasteiger partial charge in [0.05, 0.1) is 6.10 Å². The lowest BCUT2D eigenvalue weighted by Gasteiger charge is -2.39. The van der Waals surface area contributed by atoms with E-state index in [0.29, 0.717) is 5.56 Å². The number of aromatic nitrogens is 1. The summed E-state index contributed by atoms with van der Waals surface area (Å²) >= 11 is 0. The zero-order valence-corrected chi connectivity index (χ0v) is 12.8. The molecule has 1 fully saturated rings. The maximum Gasteiger partial charge on any atom is 0.342 e. The summed E-state index contributed by atoms with van der Waals surface area (Å²) in [6.45, 7) is 10.1. The topological polar surface area (TPSA) is 42.4 Å². The Kier molecular flexibility index (Phi) is 4.31. The van der Waals surface area contributed by atoms with E-state index >= 15 is 0 Å². The highest BCUT2D eigenvalue weighted by Gasteiger charge is 2.29. The van der Waals surface area contributed by atoms with Crippen LogP contribution in [0.25, 0.3) is 0 Å². The molecular weight excluding hydrogens is 252 g/mol. The second kappa shape index (κ2) is 5.81. The monoisotopic (exact) mass is 276 g/mol. The first kappa shape index (κ1) is 14.8. The molecule has 1 saturated heterocycles. The number of anilines is 1. The normalized spacial score (nSPS) is 18.1. The summed E-state index contributed by atoms with van der Waals surface area (Å²) in [5, 5.41) is 0. The molecule has 2 rings (SSSR count). The summed E-state index contributed by atoms with van der Waals surface area (Å²) in [6.07, 6.45) is 3.96. The Morgan fingerprint density at radius 1 is 1.45 bits per heavy atom. The maximum absolute atomic E-state index is 12.2. The first-order chi connectivity index (χ1) is 9.39. The van der Waals surface area contributed by atoms with Crippen LogP contribution in [-0.4, -0.2) is 30.1 Å². The van der Waals surface area contributed by atoms with Crippen molar-refractivity contribution in [2.24, 2.45) is 5.41 Å². The Balaban J connectivity index is 2.25. The molecule has 0 bridgehead atoms. The number of ether oxygens (including phenoxy) is 1. The van der Waals surface area contributed by atoms with Crippen LogP contribution in [0, 0.1) is 5.41 Å². The van der Waals surface area contributed by atoms with E-state index in [1.165, 1.54) is 6.42 Å². The second-order valence-corrected chi connectivity index (χ2v) is 6.52. The summed E-state index contributed by atoms with van der Waals surface area (Å²) in [4.78, 5) is 18.8. The second-order valence-electron chi connectivity index (χ2n) is 6.52. The molecule has 0 radical (unpaired) electrons. The van der Waals surface area contributed by atoms with Gasteiger partial charge in [-0.05, 0) is 44.2 Å². The van der Waals surface area contributed by atoms with Crippen LogP contribution in [-0.2, 0) is 4.74 Å². The number of hydrogen-bond donors (Lipinski definition) is 0. The molecule has 4 nitrogen and oxygen atoms in total. The first-order valence-electron chi connectivity index (χ1n) is 7.30. The van der Waals surface area contributed by atoms with Crippen molar-refractivity contribution in [2.45, 2.75) is 46.6 Å². The number of carbonyl (C=O) groups excluding carboxylic acids is 1. The van der Waals surface area contributed by atoms with Crippen molar-refractivity contribution < 1.29 is 9.53 Å². The lowest BCUT2D eigenvalue weighted by Crippen LogP contribution is -2.41. The van der Waals surface area contributed by atoms with Gasteiger partial charge in [0.15, 0.2) is 0 Å². The quantitative estimate of drug-likeness (QED) is 0.795. The van der Waals surface area contributed by atoms with E-state index in [1.807, 2.05) is 13.8 Å². The van der Waals surface area contributed by atoms with Gasteiger partial charge in [-0.1, -0.05) is 13.8 Å². The van der Waals surface area contributed by atoms with Crippen LogP contribution in [0.2, 0.25) is 0 Å². The van der Waals surface area contributed by atoms with E-state index in [2.05, 4.69) is 23.7 Å². The Morgan fingerprint density at radius 3 is 2.85 bits per heavy atom. The molecule has 0 saturated carbocycles. The van der Waals surface area contributed by atoms with Crippen molar-refractivity contribution in [2.75, 3.05) is 18.0 Å². The summed E-state index contributed by atoms with van der Waals surface area (Å²) in [6, 6.07) is 3.59. The summed E-state index contributed by atoms with van der Waals surface area (Å²) in [5.41, 5.74) is 0.827. The molecule has 0 aliphatic carbocycles. The molecule has 1 aromatic heterocycles. The molecule has 0 atom stereocenters. The van der Waals surface area contributed by atoms with E-state index in [1.54, 1.807) is 18.3 Å². The van der Waals surface area contributed by atoms with Gasteiger partial charge in [0, 0.05) is 19.3 Å². The summed E-state index contributed by atoms with van der Waals surface area (Å²) in [7, 11) is 0. The molecular formula is C16H24N2O2. The Bertz CT molecular complexity index is 483. The summed E-state index contributed by atoms with van der Waals surface area (Å²) in [5.74, 6) is 0.470. The third-order valence-corrected chi connectivity index (χ3v) is 3.55. The molecule has 110 valence electrons. The number of pyridine rings is 1. The van der Waals surface area contributed by atoms with Crippen LogP contribution in [0.5, 0.6) is 0 Å². The smallest absolute Gasteiger partial charge is 0.342 e. The van der Waals surface area contributed by atoms with Gasteiger partial charge in [-0.25, -0.2) is 9.78 Å². The van der Waals surface area contributed by atoms with Crippen LogP contribution in [0.1, 0.15) is 50.9 Å². The van der Waals surface area contributed by atoms with Gasteiger partial charge in [0.2, 0.25) is 0 Å². The number of esters is 1. The molecule has 4 heteroatoms. The largest absolute Gasteiger partial charge is 0.459 e. The van der Waals surface area contributed by atoms with Crippen molar-refractivity contribution in [3.63, 3.8) is 0 Å². The molecule has 2 heterocycles. The van der Waals surface area contributed by atoms with Gasteiger partial charge in [-0.2, -0.15) is 0 Å². The zero-order chi connectivity index (χ0) is 14.8. The van der Waals surface area contributed by atoms with Gasteiger partial charge >= 0.3 is 5.97 Å². The fraction of sp³-hybridized carbons (Fsp3) is 0.625. The molecule has 0 amide bonds. The number of piperidine rings is 1. The molecule has 0 unspecified atom stereocenters. The molecule has 1 aromatic rings. The molecule has 1 aliphatic heterocycles. The SMILES string of the molecule is CC(C)OC(=O)c1cccnc1N1CCCC(C)(C)C1. The number of nitrogens with zero attached hydrogens (tertiary/aromatic N) is 2. The van der Waals surface area contributed by atoms with Crippen LogP contribution in [0.4, 0.5) is 5.82 Å². The van der Waals surface area contributed by atoms with Gasteiger partial charge in [0.1, 0.15) is 11.4 Å². The van der Waals surface area contributed by atoms with E-state index in [-0.39, 0.29) is 17.5 Å². The van der Waals surface area contributed by atoms with Gasteiger partial charge in [-0.3, -0.25) is 0 Å². The van der Waals surface area contributed by atoms with Crippen LogP contribution >= 0.6 is 0 Å². The van der Waals surface area contributed by atoms with Crippen molar-refractivity contribution in [1.82, 2.24) is 4.98 Å². The minimum Gasteiger partial charge on any atom is -0.459 e.